The molecule has 0 saturated carbocycles. The van der Waals surface area contributed by atoms with Gasteiger partial charge in [-0.3, -0.25) is 9.69 Å². The molecule has 1 N–H and O–H groups in total. The van der Waals surface area contributed by atoms with Crippen LogP contribution in [0, 0.1) is 0 Å². The summed E-state index contributed by atoms with van der Waals surface area (Å²) < 4.78 is 1.09. The Kier molecular flexibility index (Phi) is 5.57. The lowest BCUT2D eigenvalue weighted by molar-refractivity contribution is -0.145. The summed E-state index contributed by atoms with van der Waals surface area (Å²) in [6, 6.07) is 8.20. The third-order valence-electron chi connectivity index (χ3n) is 4.32. The molecule has 0 amide bonds. The highest BCUT2D eigenvalue weighted by Crippen LogP contribution is 2.41. The van der Waals surface area contributed by atoms with E-state index in [-0.39, 0.29) is 12.1 Å². The number of carbonyl (C=O) groups is 1. The van der Waals surface area contributed by atoms with E-state index in [1.165, 1.54) is 14.6 Å². The minimum absolute atomic E-state index is 0.0537. The lowest BCUT2D eigenvalue weighted by Gasteiger charge is -2.38. The summed E-state index contributed by atoms with van der Waals surface area (Å²) >= 11 is 7.06. The van der Waals surface area contributed by atoms with Crippen LogP contribution < -0.4 is 0 Å². The Hall–Kier alpha value is -0.690. The number of thiophene rings is 2. The molecule has 0 radical (unpaired) electrons. The van der Waals surface area contributed by atoms with Crippen LogP contribution in [0.2, 0.25) is 0 Å². The van der Waals surface area contributed by atoms with Gasteiger partial charge in [-0.1, -0.05) is 13.3 Å². The molecule has 1 aliphatic rings. The van der Waals surface area contributed by atoms with Crippen molar-refractivity contribution in [3.8, 4) is 0 Å². The zero-order valence-electron chi connectivity index (χ0n) is 13.0. The predicted octanol–water partition coefficient (Wildman–Crippen LogP) is 5.16. The smallest absolute Gasteiger partial charge is 0.320 e. The first-order valence-corrected chi connectivity index (χ1v) is 10.3. The normalized spacial score (nSPS) is 20.5. The number of piperidine rings is 1. The van der Waals surface area contributed by atoms with E-state index >= 15 is 0 Å². The van der Waals surface area contributed by atoms with Crippen LogP contribution in [0.1, 0.15) is 46.9 Å². The summed E-state index contributed by atoms with van der Waals surface area (Å²) in [5.41, 5.74) is 0. The number of carboxylic acid groups (broad SMARTS) is 1. The summed E-state index contributed by atoms with van der Waals surface area (Å²) in [7, 11) is 0. The van der Waals surface area contributed by atoms with Gasteiger partial charge in [-0.05, 0) is 66.0 Å². The molecule has 23 heavy (non-hydrogen) atoms. The number of hydrogen-bond donors (Lipinski definition) is 1. The molecule has 1 saturated heterocycles. The second kappa shape index (κ2) is 7.47. The first-order valence-electron chi connectivity index (χ1n) is 7.92. The summed E-state index contributed by atoms with van der Waals surface area (Å²) in [4.78, 5) is 17.8. The Morgan fingerprint density at radius 1 is 1.30 bits per heavy atom. The Morgan fingerprint density at radius 3 is 2.65 bits per heavy atom. The second-order valence-electron chi connectivity index (χ2n) is 5.79. The molecular formula is C17H20BrNO2S2. The van der Waals surface area contributed by atoms with Crippen molar-refractivity contribution in [1.29, 1.82) is 0 Å². The van der Waals surface area contributed by atoms with Gasteiger partial charge >= 0.3 is 5.97 Å². The van der Waals surface area contributed by atoms with Crippen LogP contribution in [-0.2, 0) is 11.2 Å². The molecule has 0 bridgehead atoms. The zero-order chi connectivity index (χ0) is 16.4. The van der Waals surface area contributed by atoms with E-state index in [2.05, 4.69) is 52.0 Å². The first kappa shape index (κ1) is 17.1. The second-order valence-corrected chi connectivity index (χ2v) is 9.48. The van der Waals surface area contributed by atoms with E-state index in [0.29, 0.717) is 0 Å². The monoisotopic (exact) mass is 413 g/mol. The van der Waals surface area contributed by atoms with Crippen molar-refractivity contribution in [1.82, 2.24) is 4.90 Å². The predicted molar refractivity (Wildman–Crippen MR) is 99.5 cm³/mol. The van der Waals surface area contributed by atoms with E-state index in [0.717, 1.165) is 36.0 Å². The number of aliphatic carboxylic acids is 1. The molecule has 3 nitrogen and oxygen atoms in total. The average Bonchev–Trinajstić information content (AvgIpc) is 3.17. The van der Waals surface area contributed by atoms with Crippen LogP contribution in [0.3, 0.4) is 0 Å². The van der Waals surface area contributed by atoms with Gasteiger partial charge in [0.1, 0.15) is 6.04 Å². The van der Waals surface area contributed by atoms with Crippen LogP contribution in [0.4, 0.5) is 0 Å². The molecule has 1 aliphatic heterocycles. The highest BCUT2D eigenvalue weighted by atomic mass is 79.9. The molecule has 2 aromatic rings. The SMILES string of the molecule is CCc1ccc(C(c2ccc(Br)s2)N2CCCCC2C(=O)O)s1. The lowest BCUT2D eigenvalue weighted by atomic mass is 9.98. The fourth-order valence-corrected chi connectivity index (χ4v) is 5.93. The molecule has 0 aliphatic carbocycles. The van der Waals surface area contributed by atoms with Crippen molar-refractivity contribution >= 4 is 44.6 Å². The van der Waals surface area contributed by atoms with Crippen molar-refractivity contribution in [3.63, 3.8) is 0 Å². The molecular weight excluding hydrogens is 394 g/mol. The largest absolute Gasteiger partial charge is 0.480 e. The van der Waals surface area contributed by atoms with Gasteiger partial charge in [0.05, 0.1) is 9.83 Å². The van der Waals surface area contributed by atoms with E-state index < -0.39 is 5.97 Å². The van der Waals surface area contributed by atoms with Gasteiger partial charge in [-0.25, -0.2) is 0 Å². The molecule has 124 valence electrons. The number of nitrogens with zero attached hydrogens (tertiary/aromatic N) is 1. The highest BCUT2D eigenvalue weighted by molar-refractivity contribution is 9.11. The number of likely N-dealkylation sites (tertiary alicyclic amines) is 1. The third kappa shape index (κ3) is 3.71. The van der Waals surface area contributed by atoms with Crippen LogP contribution in [0.15, 0.2) is 28.1 Å². The molecule has 2 unspecified atom stereocenters. The standard InChI is InChI=1S/C17H20BrNO2S2/c1-2-11-6-7-13(22-11)16(14-8-9-15(18)23-14)19-10-4-3-5-12(19)17(20)21/h6-9,12,16H,2-5,10H2,1H3,(H,20,21). The Morgan fingerprint density at radius 2 is 2.04 bits per heavy atom. The van der Waals surface area contributed by atoms with Crippen LogP contribution >= 0.6 is 38.6 Å². The van der Waals surface area contributed by atoms with E-state index in [4.69, 9.17) is 0 Å². The maximum Gasteiger partial charge on any atom is 0.320 e. The molecule has 0 aromatic carbocycles. The molecule has 2 atom stereocenters. The van der Waals surface area contributed by atoms with E-state index in [1.54, 1.807) is 11.3 Å². The summed E-state index contributed by atoms with van der Waals surface area (Å²) in [5, 5.41) is 9.66. The molecule has 3 rings (SSSR count). The number of rotatable bonds is 5. The minimum atomic E-state index is -0.697. The summed E-state index contributed by atoms with van der Waals surface area (Å²) in [6.07, 6.45) is 3.83. The molecule has 1 fully saturated rings. The van der Waals surface area contributed by atoms with Crippen LogP contribution in [0.5, 0.6) is 0 Å². The maximum absolute atomic E-state index is 11.8. The van der Waals surface area contributed by atoms with Gasteiger partial charge < -0.3 is 5.11 Å². The van der Waals surface area contributed by atoms with Crippen molar-refractivity contribution in [3.05, 3.63) is 42.7 Å². The highest BCUT2D eigenvalue weighted by Gasteiger charge is 2.36. The van der Waals surface area contributed by atoms with Gasteiger partial charge in [-0.15, -0.1) is 22.7 Å². The third-order valence-corrected chi connectivity index (χ3v) is 7.28. The van der Waals surface area contributed by atoms with Crippen LogP contribution in [-0.4, -0.2) is 28.6 Å². The zero-order valence-corrected chi connectivity index (χ0v) is 16.2. The van der Waals surface area contributed by atoms with Crippen molar-refractivity contribution in [2.75, 3.05) is 6.54 Å². The molecule has 0 spiro atoms. The maximum atomic E-state index is 11.8. The quantitative estimate of drug-likeness (QED) is 0.735. The topological polar surface area (TPSA) is 40.5 Å². The van der Waals surface area contributed by atoms with Gasteiger partial charge in [0.2, 0.25) is 0 Å². The first-order chi connectivity index (χ1) is 11.1. The van der Waals surface area contributed by atoms with E-state index in [1.807, 2.05) is 11.3 Å². The van der Waals surface area contributed by atoms with Crippen molar-refractivity contribution in [2.45, 2.75) is 44.7 Å². The van der Waals surface area contributed by atoms with Crippen LogP contribution in [0.25, 0.3) is 0 Å². The fraction of sp³-hybridized carbons (Fsp3) is 0.471. The minimum Gasteiger partial charge on any atom is -0.480 e. The van der Waals surface area contributed by atoms with Gasteiger partial charge in [-0.2, -0.15) is 0 Å². The Balaban J connectivity index is 2.01. The fourth-order valence-electron chi connectivity index (χ4n) is 3.20. The number of halogens is 1. The van der Waals surface area contributed by atoms with Gasteiger partial charge in [0.15, 0.2) is 0 Å². The summed E-state index contributed by atoms with van der Waals surface area (Å²) in [6.45, 7) is 3.00. The summed E-state index contributed by atoms with van der Waals surface area (Å²) in [5.74, 6) is -0.697. The number of carboxylic acids is 1. The van der Waals surface area contributed by atoms with E-state index in [9.17, 15) is 9.90 Å². The van der Waals surface area contributed by atoms with Gasteiger partial charge in [0, 0.05) is 14.6 Å². The molecule has 3 heterocycles. The van der Waals surface area contributed by atoms with Gasteiger partial charge in [0.25, 0.3) is 0 Å². The average molecular weight is 414 g/mol. The lowest BCUT2D eigenvalue weighted by Crippen LogP contribution is -2.46. The Labute approximate surface area is 153 Å². The van der Waals surface area contributed by atoms with Crippen molar-refractivity contribution in [2.24, 2.45) is 0 Å². The molecule has 6 heteroatoms. The van der Waals surface area contributed by atoms with Crippen molar-refractivity contribution < 1.29 is 9.90 Å². The number of aryl methyl sites for hydroxylation is 1. The number of hydrogen-bond acceptors (Lipinski definition) is 4. The molecule has 2 aromatic heterocycles. The Bertz CT molecular complexity index is 682.